The first-order valence-corrected chi connectivity index (χ1v) is 11.9. The summed E-state index contributed by atoms with van der Waals surface area (Å²) in [4.78, 5) is 26.6. The number of ether oxygens (including phenoxy) is 2. The van der Waals surface area contributed by atoms with Gasteiger partial charge in [-0.05, 0) is 44.4 Å². The lowest BCUT2D eigenvalue weighted by Gasteiger charge is -2.26. The highest BCUT2D eigenvalue weighted by Crippen LogP contribution is 2.30. The van der Waals surface area contributed by atoms with Crippen LogP contribution in [0.1, 0.15) is 25.8 Å². The fourth-order valence-corrected chi connectivity index (χ4v) is 5.33. The molecule has 4 nitrogen and oxygen atoms in total. The Labute approximate surface area is 172 Å². The lowest BCUT2D eigenvalue weighted by atomic mass is 9.96. The van der Waals surface area contributed by atoms with Crippen LogP contribution in [0.3, 0.4) is 0 Å². The van der Waals surface area contributed by atoms with Crippen molar-refractivity contribution in [3.05, 3.63) is 66.2 Å². The molecule has 0 aromatic heterocycles. The quantitative estimate of drug-likeness (QED) is 0.310. The van der Waals surface area contributed by atoms with Crippen molar-refractivity contribution in [2.75, 3.05) is 18.7 Å². The molecule has 0 N–H and O–H groups in total. The van der Waals surface area contributed by atoms with E-state index in [-0.39, 0.29) is 6.61 Å². The van der Waals surface area contributed by atoms with Gasteiger partial charge < -0.3 is 14.4 Å². The summed E-state index contributed by atoms with van der Waals surface area (Å²) in [7, 11) is -1.77. The summed E-state index contributed by atoms with van der Waals surface area (Å²) < 4.78 is 11.1. The molecule has 0 spiro atoms. The number of carbonyl (C=O) groups is 1. The molecule has 0 aliphatic heterocycles. The third-order valence-electron chi connectivity index (χ3n) is 4.10. The monoisotopic (exact) mass is 418 g/mol. The standard InChI is InChI=1S/C22H27O4PS/c1-3-25-21(23)22(26-4-2,16-15-19-11-7-5-8-12-19)17-27(24)18-28-20-13-9-6-10-14-20/h5-14,17H,3-4,15-16,18H2,1-2H3. The van der Waals surface area contributed by atoms with Crippen LogP contribution in [0.5, 0.6) is 0 Å². The number of hydrogen-bond acceptors (Lipinski definition) is 5. The third-order valence-corrected chi connectivity index (χ3v) is 6.95. The Bertz CT molecular complexity index is 752. The molecular formula is C22H27O4PS. The van der Waals surface area contributed by atoms with Gasteiger partial charge in [-0.25, -0.2) is 4.79 Å². The van der Waals surface area contributed by atoms with E-state index in [1.807, 2.05) is 67.6 Å². The molecule has 0 saturated carbocycles. The molecule has 0 fully saturated rings. The number of rotatable bonds is 11. The number of esters is 1. The first-order chi connectivity index (χ1) is 13.6. The molecule has 150 valence electrons. The molecule has 28 heavy (non-hydrogen) atoms. The van der Waals surface area contributed by atoms with E-state index in [0.29, 0.717) is 24.9 Å². The zero-order valence-corrected chi connectivity index (χ0v) is 18.1. The molecule has 0 aliphatic carbocycles. The van der Waals surface area contributed by atoms with Crippen molar-refractivity contribution in [3.63, 3.8) is 0 Å². The topological polar surface area (TPSA) is 58.6 Å². The van der Waals surface area contributed by atoms with E-state index < -0.39 is 19.3 Å². The van der Waals surface area contributed by atoms with Gasteiger partial charge in [0.25, 0.3) is 0 Å². The van der Waals surface area contributed by atoms with E-state index in [1.54, 1.807) is 12.7 Å². The van der Waals surface area contributed by atoms with Crippen LogP contribution < -0.4 is 4.89 Å². The van der Waals surface area contributed by atoms with E-state index in [1.165, 1.54) is 11.8 Å². The summed E-state index contributed by atoms with van der Waals surface area (Å²) in [5.74, 6) is 1.09. The van der Waals surface area contributed by atoms with Gasteiger partial charge in [-0.15, -0.1) is 0 Å². The number of benzene rings is 2. The normalized spacial score (nSPS) is 13.8. The minimum Gasteiger partial charge on any atom is -0.630 e. The average molecular weight is 418 g/mol. The van der Waals surface area contributed by atoms with E-state index in [9.17, 15) is 9.69 Å². The van der Waals surface area contributed by atoms with Crippen LogP contribution in [-0.4, -0.2) is 36.1 Å². The van der Waals surface area contributed by atoms with Gasteiger partial charge in [0, 0.05) is 11.5 Å². The zero-order valence-electron chi connectivity index (χ0n) is 16.4. The smallest absolute Gasteiger partial charge is 0.346 e. The molecule has 0 saturated heterocycles. The van der Waals surface area contributed by atoms with Crippen molar-refractivity contribution in [2.45, 2.75) is 37.2 Å². The maximum atomic E-state index is 12.8. The minimum absolute atomic E-state index is 0.252. The minimum atomic E-state index is -1.77. The van der Waals surface area contributed by atoms with E-state index in [2.05, 4.69) is 0 Å². The van der Waals surface area contributed by atoms with Crippen LogP contribution in [-0.2, 0) is 20.7 Å². The van der Waals surface area contributed by atoms with Gasteiger partial charge in [0.1, 0.15) is 5.80 Å². The van der Waals surface area contributed by atoms with Crippen molar-refractivity contribution in [3.8, 4) is 0 Å². The molecule has 0 aliphatic rings. The molecule has 0 heterocycles. The average Bonchev–Trinajstić information content (AvgIpc) is 2.72. The Morgan fingerprint density at radius 3 is 2.32 bits per heavy atom. The second-order valence-electron chi connectivity index (χ2n) is 6.16. The summed E-state index contributed by atoms with van der Waals surface area (Å²) in [6.07, 6.45) is 1.02. The molecule has 6 heteroatoms. The van der Waals surface area contributed by atoms with Crippen LogP contribution in [0.4, 0.5) is 0 Å². The van der Waals surface area contributed by atoms with E-state index >= 15 is 0 Å². The van der Waals surface area contributed by atoms with E-state index in [4.69, 9.17) is 9.47 Å². The molecule has 2 aromatic carbocycles. The van der Waals surface area contributed by atoms with Gasteiger partial charge in [0.2, 0.25) is 5.60 Å². The van der Waals surface area contributed by atoms with Crippen LogP contribution in [0.15, 0.2) is 65.6 Å². The van der Waals surface area contributed by atoms with Gasteiger partial charge in [0.05, 0.1) is 14.4 Å². The van der Waals surface area contributed by atoms with Crippen molar-refractivity contribution in [1.29, 1.82) is 0 Å². The summed E-state index contributed by atoms with van der Waals surface area (Å²) in [6, 6.07) is 19.7. The van der Waals surface area contributed by atoms with E-state index in [0.717, 1.165) is 10.5 Å². The fourth-order valence-electron chi connectivity index (χ4n) is 2.80. The predicted molar refractivity (Wildman–Crippen MR) is 116 cm³/mol. The summed E-state index contributed by atoms with van der Waals surface area (Å²) in [5, 5.41) is 0. The third kappa shape index (κ3) is 7.06. The second-order valence-corrected chi connectivity index (χ2v) is 9.05. The van der Waals surface area contributed by atoms with Gasteiger partial charge >= 0.3 is 5.97 Å². The number of aryl methyl sites for hydroxylation is 1. The summed E-state index contributed by atoms with van der Waals surface area (Å²) in [5.41, 5.74) is 0.183. The van der Waals surface area contributed by atoms with Crippen molar-refractivity contribution >= 4 is 31.3 Å². The number of carbonyl (C=O) groups excluding carboxylic acids is 1. The summed E-state index contributed by atoms with van der Waals surface area (Å²) >= 11 is 1.50. The van der Waals surface area contributed by atoms with Crippen LogP contribution in [0.25, 0.3) is 0 Å². The molecule has 2 atom stereocenters. The van der Waals surface area contributed by atoms with Gasteiger partial charge in [-0.1, -0.05) is 60.3 Å². The Balaban J connectivity index is 2.19. The highest BCUT2D eigenvalue weighted by Gasteiger charge is 2.42. The molecule has 0 radical (unpaired) electrons. The molecule has 2 unspecified atom stereocenters. The first-order valence-electron chi connectivity index (χ1n) is 9.42. The largest absolute Gasteiger partial charge is 0.630 e. The Morgan fingerprint density at radius 1 is 1.07 bits per heavy atom. The molecule has 2 aromatic rings. The van der Waals surface area contributed by atoms with Crippen molar-refractivity contribution < 1.29 is 19.2 Å². The Hall–Kier alpha value is -1.65. The maximum absolute atomic E-state index is 12.8. The van der Waals surface area contributed by atoms with Gasteiger partial charge in [-0.2, -0.15) is 0 Å². The van der Waals surface area contributed by atoms with Crippen molar-refractivity contribution in [1.82, 2.24) is 0 Å². The Kier molecular flexibility index (Phi) is 9.72. The zero-order chi connectivity index (χ0) is 20.2. The number of thioether (sulfide) groups is 1. The molecule has 2 rings (SSSR count). The fraction of sp³-hybridized carbons (Fsp3) is 0.364. The van der Waals surface area contributed by atoms with Crippen LogP contribution in [0, 0.1) is 0 Å². The molecule has 0 bridgehead atoms. The number of hydrogen-bond donors (Lipinski definition) is 0. The highest BCUT2D eigenvalue weighted by molar-refractivity contribution is 8.04. The lowest BCUT2D eigenvalue weighted by molar-refractivity contribution is -0.164. The van der Waals surface area contributed by atoms with Gasteiger partial charge in [0.15, 0.2) is 5.49 Å². The maximum Gasteiger partial charge on any atom is 0.346 e. The highest BCUT2D eigenvalue weighted by atomic mass is 32.2. The molecule has 0 amide bonds. The lowest BCUT2D eigenvalue weighted by Crippen LogP contribution is -2.45. The summed E-state index contributed by atoms with van der Waals surface area (Å²) in [6.45, 7) is 4.18. The van der Waals surface area contributed by atoms with Crippen molar-refractivity contribution in [2.24, 2.45) is 0 Å². The van der Waals surface area contributed by atoms with Crippen LogP contribution >= 0.6 is 19.5 Å². The predicted octanol–water partition coefficient (Wildman–Crippen LogP) is 4.27. The Morgan fingerprint density at radius 2 is 1.71 bits per heavy atom. The second kappa shape index (κ2) is 12.0. The van der Waals surface area contributed by atoms with Crippen LogP contribution in [0.2, 0.25) is 0 Å². The first kappa shape index (κ1) is 22.6. The SMILES string of the molecule is CCOC(=O)C(C=[P+]([O-])CSc1ccccc1)(CCc1ccccc1)OCC. The molecular weight excluding hydrogens is 391 g/mol. The van der Waals surface area contributed by atoms with Gasteiger partial charge in [-0.3, -0.25) is 0 Å².